The molecule has 8 heteroatoms. The van der Waals surface area contributed by atoms with Gasteiger partial charge in [-0.15, -0.1) is 0 Å². The van der Waals surface area contributed by atoms with Crippen molar-refractivity contribution in [2.45, 2.75) is 12.8 Å². The SMILES string of the molecule is COc1ccc(NC(=O)c2ccc(N3CCCC3)c([N+](=O)[O-])c2)cc1Cl. The van der Waals surface area contributed by atoms with Gasteiger partial charge in [0.15, 0.2) is 0 Å². The number of nitrogens with one attached hydrogen (secondary N) is 1. The molecule has 0 bridgehead atoms. The molecule has 1 amide bonds. The van der Waals surface area contributed by atoms with Crippen LogP contribution < -0.4 is 15.0 Å². The van der Waals surface area contributed by atoms with Gasteiger partial charge in [-0.25, -0.2) is 0 Å². The highest BCUT2D eigenvalue weighted by Crippen LogP contribution is 2.32. The van der Waals surface area contributed by atoms with Crippen molar-refractivity contribution in [2.75, 3.05) is 30.4 Å². The summed E-state index contributed by atoms with van der Waals surface area (Å²) in [6.07, 6.45) is 2.02. The van der Waals surface area contributed by atoms with Gasteiger partial charge in [0.1, 0.15) is 11.4 Å². The van der Waals surface area contributed by atoms with Gasteiger partial charge in [-0.1, -0.05) is 11.6 Å². The van der Waals surface area contributed by atoms with Gasteiger partial charge in [-0.2, -0.15) is 0 Å². The molecule has 1 saturated heterocycles. The lowest BCUT2D eigenvalue weighted by atomic mass is 10.1. The number of hydrogen-bond acceptors (Lipinski definition) is 5. The molecule has 0 unspecified atom stereocenters. The molecule has 0 saturated carbocycles. The molecule has 7 nitrogen and oxygen atoms in total. The van der Waals surface area contributed by atoms with Crippen molar-refractivity contribution < 1.29 is 14.5 Å². The fourth-order valence-electron chi connectivity index (χ4n) is 2.98. The van der Waals surface area contributed by atoms with E-state index in [-0.39, 0.29) is 11.3 Å². The lowest BCUT2D eigenvalue weighted by Crippen LogP contribution is -2.19. The molecule has 1 fully saturated rings. The molecule has 3 rings (SSSR count). The number of ether oxygens (including phenoxy) is 1. The van der Waals surface area contributed by atoms with Crippen molar-refractivity contribution in [1.82, 2.24) is 0 Å². The summed E-state index contributed by atoms with van der Waals surface area (Å²) >= 11 is 6.05. The first-order valence-electron chi connectivity index (χ1n) is 8.18. The molecule has 0 atom stereocenters. The van der Waals surface area contributed by atoms with E-state index >= 15 is 0 Å². The molecule has 0 spiro atoms. The summed E-state index contributed by atoms with van der Waals surface area (Å²) in [5, 5.41) is 14.5. The topological polar surface area (TPSA) is 84.7 Å². The van der Waals surface area contributed by atoms with Crippen LogP contribution in [0.2, 0.25) is 5.02 Å². The number of carbonyl (C=O) groups excluding carboxylic acids is 1. The van der Waals surface area contributed by atoms with Crippen molar-refractivity contribution in [2.24, 2.45) is 0 Å². The first kappa shape index (κ1) is 18.0. The first-order chi connectivity index (χ1) is 12.5. The van der Waals surface area contributed by atoms with Gasteiger partial charge in [-0.05, 0) is 43.2 Å². The standard InChI is InChI=1S/C18H18ClN3O4/c1-26-17-7-5-13(11-14(17)19)20-18(23)12-4-6-15(16(10-12)22(24)25)21-8-2-3-9-21/h4-7,10-11H,2-3,8-9H2,1H3,(H,20,23). The van der Waals surface area contributed by atoms with E-state index in [1.54, 1.807) is 30.3 Å². The van der Waals surface area contributed by atoms with Gasteiger partial charge in [0, 0.05) is 30.4 Å². The molecule has 0 radical (unpaired) electrons. The molecular weight excluding hydrogens is 358 g/mol. The van der Waals surface area contributed by atoms with Crippen LogP contribution in [-0.4, -0.2) is 31.0 Å². The summed E-state index contributed by atoms with van der Waals surface area (Å²) in [5.74, 6) is 0.0533. The van der Waals surface area contributed by atoms with Crippen LogP contribution >= 0.6 is 11.6 Å². The number of carbonyl (C=O) groups is 1. The van der Waals surface area contributed by atoms with E-state index in [2.05, 4.69) is 5.32 Å². The maximum absolute atomic E-state index is 12.5. The highest BCUT2D eigenvalue weighted by atomic mass is 35.5. The van der Waals surface area contributed by atoms with Crippen molar-refractivity contribution in [3.8, 4) is 5.75 Å². The Morgan fingerprint density at radius 3 is 2.58 bits per heavy atom. The average Bonchev–Trinajstić information content (AvgIpc) is 3.15. The molecule has 1 N–H and O–H groups in total. The minimum atomic E-state index is -0.450. The van der Waals surface area contributed by atoms with Gasteiger partial charge in [0.05, 0.1) is 17.1 Å². The number of nitrogens with zero attached hydrogens (tertiary/aromatic N) is 2. The number of halogens is 1. The minimum Gasteiger partial charge on any atom is -0.495 e. The summed E-state index contributed by atoms with van der Waals surface area (Å²) in [6, 6.07) is 9.40. The van der Waals surface area contributed by atoms with Gasteiger partial charge >= 0.3 is 0 Å². The van der Waals surface area contributed by atoms with Crippen LogP contribution in [0.5, 0.6) is 5.75 Å². The normalized spacial score (nSPS) is 13.5. The highest BCUT2D eigenvalue weighted by Gasteiger charge is 2.24. The molecule has 0 aliphatic carbocycles. The number of benzene rings is 2. The third-order valence-corrected chi connectivity index (χ3v) is 4.59. The quantitative estimate of drug-likeness (QED) is 0.628. The number of hydrogen-bond donors (Lipinski definition) is 1. The van der Waals surface area contributed by atoms with Gasteiger partial charge < -0.3 is 15.0 Å². The summed E-state index contributed by atoms with van der Waals surface area (Å²) < 4.78 is 5.07. The molecule has 0 aromatic heterocycles. The molecule has 2 aromatic rings. The summed E-state index contributed by atoms with van der Waals surface area (Å²) in [5.41, 5.74) is 1.18. The Kier molecular flexibility index (Phi) is 5.27. The number of anilines is 2. The maximum atomic E-state index is 12.5. The van der Waals surface area contributed by atoms with E-state index in [4.69, 9.17) is 16.3 Å². The zero-order valence-electron chi connectivity index (χ0n) is 14.2. The van der Waals surface area contributed by atoms with Crippen LogP contribution in [0, 0.1) is 10.1 Å². The van der Waals surface area contributed by atoms with Crippen LogP contribution in [0.15, 0.2) is 36.4 Å². The number of amides is 1. The third-order valence-electron chi connectivity index (χ3n) is 4.29. The number of nitro groups is 1. The highest BCUT2D eigenvalue weighted by molar-refractivity contribution is 6.32. The molecule has 26 heavy (non-hydrogen) atoms. The summed E-state index contributed by atoms with van der Waals surface area (Å²) in [6.45, 7) is 1.58. The van der Waals surface area contributed by atoms with Crippen LogP contribution in [0.1, 0.15) is 23.2 Å². The molecule has 1 heterocycles. The Morgan fingerprint density at radius 2 is 1.96 bits per heavy atom. The van der Waals surface area contributed by atoms with E-state index < -0.39 is 10.8 Å². The third kappa shape index (κ3) is 3.72. The molecule has 1 aliphatic heterocycles. The Labute approximate surface area is 155 Å². The Hall–Kier alpha value is -2.80. The Morgan fingerprint density at radius 1 is 1.23 bits per heavy atom. The summed E-state index contributed by atoms with van der Waals surface area (Å²) in [7, 11) is 1.50. The van der Waals surface area contributed by atoms with Gasteiger partial charge in [-0.3, -0.25) is 14.9 Å². The van der Waals surface area contributed by atoms with E-state index in [0.29, 0.717) is 22.1 Å². The van der Waals surface area contributed by atoms with Crippen LogP contribution in [-0.2, 0) is 0 Å². The summed E-state index contributed by atoms with van der Waals surface area (Å²) in [4.78, 5) is 25.4. The lowest BCUT2D eigenvalue weighted by Gasteiger charge is -2.17. The van der Waals surface area contributed by atoms with E-state index in [0.717, 1.165) is 25.9 Å². The van der Waals surface area contributed by atoms with Crippen molar-refractivity contribution >= 4 is 34.6 Å². The molecule has 136 valence electrons. The van der Waals surface area contributed by atoms with Gasteiger partial charge in [0.2, 0.25) is 0 Å². The van der Waals surface area contributed by atoms with Crippen LogP contribution in [0.4, 0.5) is 17.1 Å². The number of nitro benzene ring substituents is 1. The monoisotopic (exact) mass is 375 g/mol. The van der Waals surface area contributed by atoms with E-state index in [1.807, 2.05) is 4.90 Å². The first-order valence-corrected chi connectivity index (χ1v) is 8.55. The average molecular weight is 376 g/mol. The second-order valence-corrected chi connectivity index (χ2v) is 6.37. The second kappa shape index (κ2) is 7.61. The fraction of sp³-hybridized carbons (Fsp3) is 0.278. The number of rotatable bonds is 5. The maximum Gasteiger partial charge on any atom is 0.293 e. The Bertz CT molecular complexity index is 850. The molecule has 2 aromatic carbocycles. The van der Waals surface area contributed by atoms with Crippen LogP contribution in [0.3, 0.4) is 0 Å². The zero-order chi connectivity index (χ0) is 18.7. The predicted molar refractivity (Wildman–Crippen MR) is 101 cm³/mol. The van der Waals surface area contributed by atoms with Crippen molar-refractivity contribution in [3.63, 3.8) is 0 Å². The lowest BCUT2D eigenvalue weighted by molar-refractivity contribution is -0.384. The van der Waals surface area contributed by atoms with Crippen molar-refractivity contribution in [1.29, 1.82) is 0 Å². The largest absolute Gasteiger partial charge is 0.495 e. The molecule has 1 aliphatic rings. The van der Waals surface area contributed by atoms with E-state index in [1.165, 1.54) is 13.2 Å². The molecular formula is C18H18ClN3O4. The van der Waals surface area contributed by atoms with E-state index in [9.17, 15) is 14.9 Å². The number of methoxy groups -OCH3 is 1. The predicted octanol–water partition coefficient (Wildman–Crippen LogP) is 4.11. The smallest absolute Gasteiger partial charge is 0.293 e. The Balaban J connectivity index is 1.84. The van der Waals surface area contributed by atoms with Crippen LogP contribution in [0.25, 0.3) is 0 Å². The van der Waals surface area contributed by atoms with Crippen molar-refractivity contribution in [3.05, 3.63) is 57.1 Å². The second-order valence-electron chi connectivity index (χ2n) is 5.96. The van der Waals surface area contributed by atoms with Gasteiger partial charge in [0.25, 0.3) is 11.6 Å². The zero-order valence-corrected chi connectivity index (χ0v) is 15.0. The minimum absolute atomic E-state index is 0.0627. The fourth-order valence-corrected chi connectivity index (χ4v) is 3.24.